The van der Waals surface area contributed by atoms with Crippen LogP contribution in [0.4, 0.5) is 0 Å². The Kier molecular flexibility index (Phi) is 4.93. The molecule has 1 fully saturated rings. The lowest BCUT2D eigenvalue weighted by Gasteiger charge is -2.40. The van der Waals surface area contributed by atoms with E-state index in [1.54, 1.807) is 5.54 Å². The van der Waals surface area contributed by atoms with Crippen molar-refractivity contribution in [3.8, 4) is 0 Å². The zero-order valence-corrected chi connectivity index (χ0v) is 9.93. The maximum absolute atomic E-state index is 5.78. The molecule has 0 bridgehead atoms. The highest BCUT2D eigenvalue weighted by atomic mass is 35.5. The molecule has 82 valence electrons. The van der Waals surface area contributed by atoms with E-state index in [1.165, 1.54) is 24.8 Å². The van der Waals surface area contributed by atoms with E-state index in [4.69, 9.17) is 17.3 Å². The first kappa shape index (κ1) is 12.0. The lowest BCUT2D eigenvalue weighted by molar-refractivity contribution is 0.109. The maximum atomic E-state index is 5.78. The van der Waals surface area contributed by atoms with Crippen molar-refractivity contribution in [3.63, 3.8) is 0 Å². The summed E-state index contributed by atoms with van der Waals surface area (Å²) in [6, 6.07) is 1.19. The van der Waals surface area contributed by atoms with Crippen LogP contribution in [0.3, 0.4) is 0 Å². The molecule has 2 nitrogen and oxygen atoms in total. The van der Waals surface area contributed by atoms with Gasteiger partial charge in [-0.05, 0) is 32.3 Å². The fourth-order valence-corrected chi connectivity index (χ4v) is 2.27. The zero-order valence-electron chi connectivity index (χ0n) is 9.17. The van der Waals surface area contributed by atoms with Crippen LogP contribution >= 0.6 is 11.6 Å². The SMILES string of the molecule is C/C(=C\Cl)CN1C(C)CCCC1CN. The van der Waals surface area contributed by atoms with Crippen molar-refractivity contribution >= 4 is 11.6 Å². The Bertz CT molecular complexity index is 203. The molecule has 3 heteroatoms. The molecule has 0 amide bonds. The Morgan fingerprint density at radius 1 is 1.57 bits per heavy atom. The standard InChI is InChI=1S/C11H21ClN2/c1-9(6-12)8-14-10(2)4-3-5-11(14)7-13/h6,10-11H,3-5,7-8,13H2,1-2H3/b9-6+. The summed E-state index contributed by atoms with van der Waals surface area (Å²) in [5, 5.41) is 0. The number of piperidine rings is 1. The van der Waals surface area contributed by atoms with Crippen LogP contribution in [0.1, 0.15) is 33.1 Å². The number of rotatable bonds is 3. The van der Waals surface area contributed by atoms with Crippen LogP contribution in [0.5, 0.6) is 0 Å². The molecule has 2 unspecified atom stereocenters. The van der Waals surface area contributed by atoms with E-state index >= 15 is 0 Å². The van der Waals surface area contributed by atoms with Crippen molar-refractivity contribution in [2.75, 3.05) is 13.1 Å². The van der Waals surface area contributed by atoms with Gasteiger partial charge in [0.1, 0.15) is 0 Å². The van der Waals surface area contributed by atoms with Crippen molar-refractivity contribution in [1.29, 1.82) is 0 Å². The minimum Gasteiger partial charge on any atom is -0.329 e. The van der Waals surface area contributed by atoms with E-state index in [9.17, 15) is 0 Å². The molecular formula is C11H21ClN2. The third kappa shape index (κ3) is 2.97. The molecule has 2 atom stereocenters. The van der Waals surface area contributed by atoms with Crippen LogP contribution in [0.25, 0.3) is 0 Å². The third-order valence-electron chi connectivity index (χ3n) is 3.08. The fraction of sp³-hybridized carbons (Fsp3) is 0.818. The van der Waals surface area contributed by atoms with Gasteiger partial charge in [0.05, 0.1) is 0 Å². The number of halogens is 1. The summed E-state index contributed by atoms with van der Waals surface area (Å²) in [6.45, 7) is 6.08. The second-order valence-corrected chi connectivity index (χ2v) is 4.52. The van der Waals surface area contributed by atoms with Gasteiger partial charge < -0.3 is 5.73 Å². The van der Waals surface area contributed by atoms with Crippen LogP contribution in [0, 0.1) is 0 Å². The Morgan fingerprint density at radius 2 is 2.29 bits per heavy atom. The average Bonchev–Trinajstić information content (AvgIpc) is 2.20. The van der Waals surface area contributed by atoms with Crippen molar-refractivity contribution in [2.45, 2.75) is 45.2 Å². The maximum Gasteiger partial charge on any atom is 0.0224 e. The zero-order chi connectivity index (χ0) is 10.6. The summed E-state index contributed by atoms with van der Waals surface area (Å²) >= 11 is 5.69. The normalized spacial score (nSPS) is 30.7. The van der Waals surface area contributed by atoms with E-state index in [0.717, 1.165) is 13.1 Å². The van der Waals surface area contributed by atoms with Gasteiger partial charge in [-0.1, -0.05) is 18.0 Å². The summed E-state index contributed by atoms with van der Waals surface area (Å²) in [7, 11) is 0. The van der Waals surface area contributed by atoms with E-state index in [1.807, 2.05) is 0 Å². The molecule has 2 N–H and O–H groups in total. The minimum absolute atomic E-state index is 0.547. The van der Waals surface area contributed by atoms with Gasteiger partial charge in [-0.15, -0.1) is 0 Å². The Morgan fingerprint density at radius 3 is 2.86 bits per heavy atom. The molecule has 0 aromatic rings. The summed E-state index contributed by atoms with van der Waals surface area (Å²) in [6.07, 6.45) is 3.83. The highest BCUT2D eigenvalue weighted by Crippen LogP contribution is 2.23. The highest BCUT2D eigenvalue weighted by Gasteiger charge is 2.26. The molecule has 14 heavy (non-hydrogen) atoms. The van der Waals surface area contributed by atoms with Crippen molar-refractivity contribution < 1.29 is 0 Å². The van der Waals surface area contributed by atoms with Crippen LogP contribution in [0.15, 0.2) is 11.1 Å². The third-order valence-corrected chi connectivity index (χ3v) is 3.46. The van der Waals surface area contributed by atoms with Gasteiger partial charge in [-0.2, -0.15) is 0 Å². The molecule has 0 aliphatic carbocycles. The molecule has 1 heterocycles. The predicted octanol–water partition coefficient (Wildman–Crippen LogP) is 2.33. The average molecular weight is 217 g/mol. The largest absolute Gasteiger partial charge is 0.329 e. The minimum atomic E-state index is 0.547. The summed E-state index contributed by atoms with van der Waals surface area (Å²) in [5.41, 5.74) is 8.68. The van der Waals surface area contributed by atoms with Gasteiger partial charge in [0.2, 0.25) is 0 Å². The molecular weight excluding hydrogens is 196 g/mol. The highest BCUT2D eigenvalue weighted by molar-refractivity contribution is 6.25. The number of likely N-dealkylation sites (tertiary alicyclic amines) is 1. The number of hydrogen-bond acceptors (Lipinski definition) is 2. The first-order valence-electron chi connectivity index (χ1n) is 5.40. The van der Waals surface area contributed by atoms with Crippen molar-refractivity contribution in [1.82, 2.24) is 4.90 Å². The fourth-order valence-electron chi connectivity index (χ4n) is 2.20. The Labute approximate surface area is 92.1 Å². The van der Waals surface area contributed by atoms with E-state index < -0.39 is 0 Å². The van der Waals surface area contributed by atoms with Crippen molar-refractivity contribution in [3.05, 3.63) is 11.1 Å². The molecule has 1 rings (SSSR count). The lowest BCUT2D eigenvalue weighted by atomic mass is 9.96. The molecule has 0 aromatic heterocycles. The van der Waals surface area contributed by atoms with E-state index in [-0.39, 0.29) is 0 Å². The first-order chi connectivity index (χ1) is 6.69. The summed E-state index contributed by atoms with van der Waals surface area (Å²) < 4.78 is 0. The molecule has 1 aliphatic rings. The summed E-state index contributed by atoms with van der Waals surface area (Å²) in [4.78, 5) is 2.48. The molecule has 1 aliphatic heterocycles. The predicted molar refractivity (Wildman–Crippen MR) is 62.5 cm³/mol. The van der Waals surface area contributed by atoms with Gasteiger partial charge in [0.25, 0.3) is 0 Å². The van der Waals surface area contributed by atoms with Gasteiger partial charge in [-0.25, -0.2) is 0 Å². The second kappa shape index (κ2) is 5.74. The van der Waals surface area contributed by atoms with Crippen LogP contribution < -0.4 is 5.73 Å². The smallest absolute Gasteiger partial charge is 0.0224 e. The first-order valence-corrected chi connectivity index (χ1v) is 5.84. The lowest BCUT2D eigenvalue weighted by Crippen LogP contribution is -2.49. The number of nitrogens with two attached hydrogens (primary N) is 1. The molecule has 1 saturated heterocycles. The Hall–Kier alpha value is -0.0500. The summed E-state index contributed by atoms with van der Waals surface area (Å²) in [5.74, 6) is 0. The second-order valence-electron chi connectivity index (χ2n) is 4.30. The molecule has 0 radical (unpaired) electrons. The van der Waals surface area contributed by atoms with Crippen molar-refractivity contribution in [2.24, 2.45) is 5.73 Å². The van der Waals surface area contributed by atoms with E-state index in [2.05, 4.69) is 18.7 Å². The van der Waals surface area contributed by atoms with Crippen LogP contribution in [0.2, 0.25) is 0 Å². The molecule has 0 aromatic carbocycles. The van der Waals surface area contributed by atoms with Gasteiger partial charge in [0, 0.05) is 30.7 Å². The van der Waals surface area contributed by atoms with Crippen LogP contribution in [-0.4, -0.2) is 30.1 Å². The number of nitrogens with zero attached hydrogens (tertiary/aromatic N) is 1. The Balaban J connectivity index is 2.59. The molecule has 0 spiro atoms. The van der Waals surface area contributed by atoms with E-state index in [0.29, 0.717) is 12.1 Å². The van der Waals surface area contributed by atoms with Crippen LogP contribution in [-0.2, 0) is 0 Å². The van der Waals surface area contributed by atoms with Gasteiger partial charge >= 0.3 is 0 Å². The number of hydrogen-bond donors (Lipinski definition) is 1. The quantitative estimate of drug-likeness (QED) is 0.785. The van der Waals surface area contributed by atoms with Gasteiger partial charge in [0.15, 0.2) is 0 Å². The monoisotopic (exact) mass is 216 g/mol. The topological polar surface area (TPSA) is 29.3 Å². The van der Waals surface area contributed by atoms with Gasteiger partial charge in [-0.3, -0.25) is 4.90 Å². The molecule has 0 saturated carbocycles.